The van der Waals surface area contributed by atoms with Gasteiger partial charge < -0.3 is 20.1 Å². The molecule has 6 heteroatoms. The zero-order chi connectivity index (χ0) is 20.1. The molecule has 0 bridgehead atoms. The number of nitrogens with one attached hydrogen (secondary N) is 2. The molecule has 0 saturated heterocycles. The summed E-state index contributed by atoms with van der Waals surface area (Å²) in [4.78, 5) is 18.8. The van der Waals surface area contributed by atoms with Crippen molar-refractivity contribution in [3.63, 3.8) is 0 Å². The highest BCUT2D eigenvalue weighted by Gasteiger charge is 2.13. The van der Waals surface area contributed by atoms with Gasteiger partial charge in [0.25, 0.3) is 0 Å². The number of aromatic nitrogens is 2. The van der Waals surface area contributed by atoms with E-state index in [-0.39, 0.29) is 12.1 Å². The monoisotopic (exact) mass is 377 g/mol. The number of carbonyl (C=O) groups excluding carboxylic acids is 1. The minimum atomic E-state index is -0.219. The number of hydrogen-bond donors (Lipinski definition) is 2. The van der Waals surface area contributed by atoms with E-state index in [1.54, 1.807) is 12.5 Å². The van der Waals surface area contributed by atoms with Crippen LogP contribution in [0.3, 0.4) is 0 Å². The summed E-state index contributed by atoms with van der Waals surface area (Å²) in [6.07, 6.45) is 5.45. The lowest BCUT2D eigenvalue weighted by molar-refractivity contribution is 0.249. The van der Waals surface area contributed by atoms with Gasteiger partial charge in [0.1, 0.15) is 0 Å². The van der Waals surface area contributed by atoms with Gasteiger partial charge in [-0.15, -0.1) is 0 Å². The van der Waals surface area contributed by atoms with Gasteiger partial charge in [-0.3, -0.25) is 0 Å². The number of urea groups is 1. The van der Waals surface area contributed by atoms with Gasteiger partial charge in [-0.2, -0.15) is 0 Å². The summed E-state index contributed by atoms with van der Waals surface area (Å²) in [5.41, 5.74) is 5.14. The minimum absolute atomic E-state index is 0.135. The molecule has 6 nitrogen and oxygen atoms in total. The fraction of sp³-hybridized carbons (Fsp3) is 0.273. The van der Waals surface area contributed by atoms with E-state index in [0.717, 1.165) is 34.6 Å². The fourth-order valence-corrected chi connectivity index (χ4v) is 3.13. The second-order valence-electron chi connectivity index (χ2n) is 7.23. The van der Waals surface area contributed by atoms with Crippen LogP contribution in [0.4, 0.5) is 10.5 Å². The van der Waals surface area contributed by atoms with Crippen molar-refractivity contribution in [2.45, 2.75) is 26.4 Å². The van der Waals surface area contributed by atoms with Crippen LogP contribution in [0.25, 0.3) is 5.69 Å². The van der Waals surface area contributed by atoms with E-state index in [1.165, 1.54) is 0 Å². The highest BCUT2D eigenvalue weighted by Crippen LogP contribution is 2.21. The third-order valence-electron chi connectivity index (χ3n) is 4.62. The zero-order valence-corrected chi connectivity index (χ0v) is 16.8. The molecule has 1 atom stereocenters. The maximum atomic E-state index is 12.6. The Labute approximate surface area is 166 Å². The van der Waals surface area contributed by atoms with Crippen LogP contribution >= 0.6 is 0 Å². The molecule has 2 N–H and O–H groups in total. The van der Waals surface area contributed by atoms with Crippen LogP contribution in [-0.2, 0) is 6.54 Å². The summed E-state index contributed by atoms with van der Waals surface area (Å²) in [5, 5.41) is 6.01. The van der Waals surface area contributed by atoms with E-state index in [2.05, 4.69) is 39.6 Å². The van der Waals surface area contributed by atoms with Crippen molar-refractivity contribution in [1.82, 2.24) is 19.8 Å². The molecule has 3 aromatic rings. The SMILES string of the molecule is Cc1ccc([C@H](C)NC(=O)Nc2ccccc2CN(C)C)cc1-n1ccnc1. The van der Waals surface area contributed by atoms with E-state index < -0.39 is 0 Å². The Morgan fingerprint density at radius 3 is 2.71 bits per heavy atom. The van der Waals surface area contributed by atoms with Gasteiger partial charge >= 0.3 is 6.03 Å². The molecular formula is C22H27N5O. The molecule has 0 fully saturated rings. The molecule has 1 aromatic heterocycles. The van der Waals surface area contributed by atoms with Crippen LogP contribution in [0.1, 0.15) is 29.7 Å². The Kier molecular flexibility index (Phi) is 6.11. The van der Waals surface area contributed by atoms with Gasteiger partial charge in [-0.05, 0) is 56.8 Å². The van der Waals surface area contributed by atoms with Crippen molar-refractivity contribution in [2.24, 2.45) is 0 Å². The molecule has 28 heavy (non-hydrogen) atoms. The topological polar surface area (TPSA) is 62.2 Å². The lowest BCUT2D eigenvalue weighted by Crippen LogP contribution is -2.31. The molecule has 0 radical (unpaired) electrons. The first-order chi connectivity index (χ1) is 13.4. The molecule has 0 aliphatic rings. The second kappa shape index (κ2) is 8.71. The van der Waals surface area contributed by atoms with E-state index in [9.17, 15) is 4.79 Å². The standard InChI is InChI=1S/C22H27N5O/c1-16-9-10-18(13-21(16)27-12-11-23-15-27)17(2)24-22(28)25-20-8-6-5-7-19(20)14-26(3)4/h5-13,15,17H,14H2,1-4H3,(H2,24,25,28)/t17-/m0/s1. The van der Waals surface area contributed by atoms with Gasteiger partial charge in [-0.25, -0.2) is 9.78 Å². The van der Waals surface area contributed by atoms with E-state index in [1.807, 2.05) is 62.1 Å². The number of carbonyl (C=O) groups is 1. The number of hydrogen-bond acceptors (Lipinski definition) is 3. The summed E-state index contributed by atoms with van der Waals surface area (Å²) in [7, 11) is 4.02. The predicted octanol–water partition coefficient (Wildman–Crippen LogP) is 4.13. The molecule has 1 heterocycles. The zero-order valence-electron chi connectivity index (χ0n) is 16.8. The second-order valence-corrected chi connectivity index (χ2v) is 7.23. The quantitative estimate of drug-likeness (QED) is 0.679. The maximum absolute atomic E-state index is 12.6. The molecule has 0 saturated carbocycles. The summed E-state index contributed by atoms with van der Waals surface area (Å²) in [6, 6.07) is 13.7. The van der Waals surface area contributed by atoms with Crippen molar-refractivity contribution in [2.75, 3.05) is 19.4 Å². The van der Waals surface area contributed by atoms with Crippen molar-refractivity contribution >= 4 is 11.7 Å². The lowest BCUT2D eigenvalue weighted by Gasteiger charge is -2.19. The van der Waals surface area contributed by atoms with Crippen LogP contribution < -0.4 is 10.6 Å². The van der Waals surface area contributed by atoms with Crippen molar-refractivity contribution < 1.29 is 4.79 Å². The first-order valence-electron chi connectivity index (χ1n) is 9.33. The predicted molar refractivity (Wildman–Crippen MR) is 113 cm³/mol. The van der Waals surface area contributed by atoms with E-state index in [4.69, 9.17) is 0 Å². The van der Waals surface area contributed by atoms with Crippen LogP contribution in [-0.4, -0.2) is 34.6 Å². The number of para-hydroxylation sites is 1. The smallest absolute Gasteiger partial charge is 0.319 e. The summed E-state index contributed by atoms with van der Waals surface area (Å²) >= 11 is 0. The largest absolute Gasteiger partial charge is 0.331 e. The number of benzene rings is 2. The molecule has 0 unspecified atom stereocenters. The Morgan fingerprint density at radius 2 is 2.00 bits per heavy atom. The summed E-state index contributed by atoms with van der Waals surface area (Å²) < 4.78 is 1.98. The van der Waals surface area contributed by atoms with Crippen molar-refractivity contribution in [1.29, 1.82) is 0 Å². The fourth-order valence-electron chi connectivity index (χ4n) is 3.13. The molecule has 2 aromatic carbocycles. The number of imidazole rings is 1. The van der Waals surface area contributed by atoms with Crippen LogP contribution in [0.2, 0.25) is 0 Å². The van der Waals surface area contributed by atoms with Crippen molar-refractivity contribution in [3.8, 4) is 5.69 Å². The first kappa shape index (κ1) is 19.6. The molecular weight excluding hydrogens is 350 g/mol. The summed E-state index contributed by atoms with van der Waals surface area (Å²) in [5.74, 6) is 0. The molecule has 2 amide bonds. The molecule has 3 rings (SSSR count). The third-order valence-corrected chi connectivity index (χ3v) is 4.62. The summed E-state index contributed by atoms with van der Waals surface area (Å²) in [6.45, 7) is 4.80. The average molecular weight is 377 g/mol. The van der Waals surface area contributed by atoms with Gasteiger partial charge in [0.2, 0.25) is 0 Å². The molecule has 0 aliphatic carbocycles. The number of aryl methyl sites for hydroxylation is 1. The normalized spacial score (nSPS) is 12.0. The van der Waals surface area contributed by atoms with Gasteiger partial charge in [0.05, 0.1) is 12.4 Å². The minimum Gasteiger partial charge on any atom is -0.331 e. The molecule has 146 valence electrons. The Balaban J connectivity index is 1.71. The third kappa shape index (κ3) is 4.78. The maximum Gasteiger partial charge on any atom is 0.319 e. The lowest BCUT2D eigenvalue weighted by atomic mass is 10.0. The Hall–Kier alpha value is -3.12. The van der Waals surface area contributed by atoms with Crippen LogP contribution in [0.5, 0.6) is 0 Å². The van der Waals surface area contributed by atoms with Gasteiger partial charge in [0, 0.05) is 30.3 Å². The Bertz CT molecular complexity index is 934. The van der Waals surface area contributed by atoms with Crippen molar-refractivity contribution in [3.05, 3.63) is 77.9 Å². The average Bonchev–Trinajstić information content (AvgIpc) is 3.17. The van der Waals surface area contributed by atoms with Gasteiger partial charge in [0.15, 0.2) is 0 Å². The Morgan fingerprint density at radius 1 is 1.21 bits per heavy atom. The van der Waals surface area contributed by atoms with Crippen LogP contribution in [0.15, 0.2) is 61.2 Å². The molecule has 0 aliphatic heterocycles. The number of anilines is 1. The number of nitrogens with zero attached hydrogens (tertiary/aromatic N) is 3. The van der Waals surface area contributed by atoms with E-state index >= 15 is 0 Å². The van der Waals surface area contributed by atoms with Crippen LogP contribution in [0, 0.1) is 6.92 Å². The van der Waals surface area contributed by atoms with Gasteiger partial charge in [-0.1, -0.05) is 30.3 Å². The molecule has 0 spiro atoms. The van der Waals surface area contributed by atoms with E-state index in [0.29, 0.717) is 0 Å². The number of amides is 2. The highest BCUT2D eigenvalue weighted by molar-refractivity contribution is 5.90. The first-order valence-corrected chi connectivity index (χ1v) is 9.33. The number of rotatable bonds is 6. The highest BCUT2D eigenvalue weighted by atomic mass is 16.2.